The Morgan fingerprint density at radius 2 is 1.80 bits per heavy atom. The minimum absolute atomic E-state index is 0.149. The van der Waals surface area contributed by atoms with Gasteiger partial charge in [0.05, 0.1) is 11.8 Å². The molecule has 1 N–H and O–H groups in total. The van der Waals surface area contributed by atoms with Gasteiger partial charge in [-0.15, -0.1) is 0 Å². The molecule has 190 valence electrons. The molecule has 2 aliphatic rings. The Bertz CT molecular complexity index is 1220. The van der Waals surface area contributed by atoms with E-state index in [1.165, 1.54) is 12.1 Å². The molecule has 1 aliphatic carbocycles. The van der Waals surface area contributed by atoms with Crippen LogP contribution in [-0.4, -0.2) is 56.1 Å². The van der Waals surface area contributed by atoms with E-state index in [9.17, 15) is 17.6 Å². The number of nitrogens with zero attached hydrogens (tertiary/aromatic N) is 2. The molecule has 2 aromatic rings. The van der Waals surface area contributed by atoms with Crippen molar-refractivity contribution in [2.75, 3.05) is 25.9 Å². The van der Waals surface area contributed by atoms with Crippen molar-refractivity contribution in [3.63, 3.8) is 0 Å². The molecule has 0 unspecified atom stereocenters. The Hall–Kier alpha value is -1.71. The highest BCUT2D eigenvalue weighted by atomic mass is 35.5. The molecule has 1 amide bonds. The summed E-state index contributed by atoms with van der Waals surface area (Å²) in [5.41, 5.74) is 2.63. The Labute approximate surface area is 216 Å². The average molecular weight is 543 g/mol. The SMILES string of the molecule is C[C@@H]1CN(Cc2cc(F)c(C(=O)NS(C)(=O)=O)cc2C2CC2)CCN1[C@H](C)c1cc(Cl)cc(Cl)c1. The smallest absolute Gasteiger partial charge is 0.267 e. The van der Waals surface area contributed by atoms with Crippen molar-refractivity contribution in [3.05, 3.63) is 68.4 Å². The van der Waals surface area contributed by atoms with Crippen LogP contribution < -0.4 is 4.72 Å². The minimum atomic E-state index is -3.78. The number of carbonyl (C=O) groups is 1. The van der Waals surface area contributed by atoms with E-state index in [0.29, 0.717) is 16.6 Å². The zero-order valence-electron chi connectivity index (χ0n) is 20.0. The Morgan fingerprint density at radius 3 is 2.37 bits per heavy atom. The number of carbonyl (C=O) groups excluding carboxylic acids is 1. The van der Waals surface area contributed by atoms with E-state index in [2.05, 4.69) is 23.6 Å². The topological polar surface area (TPSA) is 69.7 Å². The van der Waals surface area contributed by atoms with Crippen molar-refractivity contribution in [1.29, 1.82) is 0 Å². The first-order valence-corrected chi connectivity index (χ1v) is 14.3. The normalized spacial score (nSPS) is 20.6. The molecule has 10 heteroatoms. The lowest BCUT2D eigenvalue weighted by Gasteiger charge is -2.43. The number of rotatable bonds is 7. The molecule has 4 rings (SSSR count). The lowest BCUT2D eigenvalue weighted by atomic mass is 9.97. The van der Waals surface area contributed by atoms with Gasteiger partial charge in [0.15, 0.2) is 0 Å². The van der Waals surface area contributed by atoms with Crippen LogP contribution in [0.25, 0.3) is 0 Å². The molecule has 1 heterocycles. The van der Waals surface area contributed by atoms with E-state index in [-0.39, 0.29) is 23.6 Å². The van der Waals surface area contributed by atoms with Gasteiger partial charge in [-0.05, 0) is 79.6 Å². The second-order valence-corrected chi connectivity index (χ2v) is 12.3. The lowest BCUT2D eigenvalue weighted by molar-refractivity contribution is 0.0503. The lowest BCUT2D eigenvalue weighted by Crippen LogP contribution is -2.52. The van der Waals surface area contributed by atoms with E-state index in [1.54, 1.807) is 6.07 Å². The van der Waals surface area contributed by atoms with Gasteiger partial charge in [-0.2, -0.15) is 0 Å². The van der Waals surface area contributed by atoms with Crippen molar-refractivity contribution in [3.8, 4) is 0 Å². The fourth-order valence-corrected chi connectivity index (χ4v) is 5.94. The van der Waals surface area contributed by atoms with Crippen molar-refractivity contribution >= 4 is 39.1 Å². The summed E-state index contributed by atoms with van der Waals surface area (Å²) in [5, 5.41) is 1.24. The van der Waals surface area contributed by atoms with Crippen LogP contribution in [0, 0.1) is 5.82 Å². The molecular weight excluding hydrogens is 512 g/mol. The third-order valence-electron chi connectivity index (χ3n) is 6.79. The van der Waals surface area contributed by atoms with Gasteiger partial charge in [0.25, 0.3) is 5.91 Å². The van der Waals surface area contributed by atoms with Gasteiger partial charge in [0.1, 0.15) is 5.82 Å². The average Bonchev–Trinajstić information content (AvgIpc) is 3.57. The number of sulfonamides is 1. The fraction of sp³-hybridized carbons (Fsp3) is 0.480. The van der Waals surface area contributed by atoms with Crippen molar-refractivity contribution in [2.24, 2.45) is 0 Å². The molecule has 0 spiro atoms. The van der Waals surface area contributed by atoms with Gasteiger partial charge in [0.2, 0.25) is 10.0 Å². The standard InChI is InChI=1S/C25H30Cl2FN3O3S/c1-15-13-30(6-7-31(15)16(2)18-8-20(26)11-21(27)9-18)14-19-10-24(28)23(12-22(19)17-4-5-17)25(32)29-35(3,33)34/h8-12,15-17H,4-7,13-14H2,1-3H3,(H,29,32)/t15-,16-/m1/s1. The quantitative estimate of drug-likeness (QED) is 0.536. The third-order valence-corrected chi connectivity index (χ3v) is 7.78. The molecule has 2 fully saturated rings. The maximum atomic E-state index is 14.9. The van der Waals surface area contributed by atoms with E-state index in [1.807, 2.05) is 16.9 Å². The van der Waals surface area contributed by atoms with Crippen LogP contribution in [0.15, 0.2) is 30.3 Å². The minimum Gasteiger partial charge on any atom is -0.296 e. The molecule has 1 saturated heterocycles. The first-order valence-electron chi connectivity index (χ1n) is 11.7. The number of nitrogens with one attached hydrogen (secondary N) is 1. The van der Waals surface area contributed by atoms with Crippen LogP contribution >= 0.6 is 23.2 Å². The van der Waals surface area contributed by atoms with E-state index < -0.39 is 21.7 Å². The van der Waals surface area contributed by atoms with Crippen molar-refractivity contribution < 1.29 is 17.6 Å². The highest BCUT2D eigenvalue weighted by molar-refractivity contribution is 7.89. The molecule has 0 radical (unpaired) electrons. The van der Waals surface area contributed by atoms with E-state index in [4.69, 9.17) is 23.2 Å². The van der Waals surface area contributed by atoms with Crippen LogP contribution in [0.4, 0.5) is 4.39 Å². The van der Waals surface area contributed by atoms with Gasteiger partial charge in [0, 0.05) is 48.3 Å². The molecule has 0 bridgehead atoms. The summed E-state index contributed by atoms with van der Waals surface area (Å²) < 4.78 is 39.6. The van der Waals surface area contributed by atoms with Gasteiger partial charge >= 0.3 is 0 Å². The Kier molecular flexibility index (Phi) is 7.79. The van der Waals surface area contributed by atoms with Crippen LogP contribution in [0.2, 0.25) is 10.0 Å². The first-order chi connectivity index (χ1) is 16.4. The summed E-state index contributed by atoms with van der Waals surface area (Å²) in [5.74, 6) is -1.36. The van der Waals surface area contributed by atoms with E-state index in [0.717, 1.165) is 55.4 Å². The van der Waals surface area contributed by atoms with Gasteiger partial charge in [-0.3, -0.25) is 14.6 Å². The number of amides is 1. The number of benzene rings is 2. The van der Waals surface area contributed by atoms with Crippen LogP contribution in [-0.2, 0) is 16.6 Å². The van der Waals surface area contributed by atoms with E-state index >= 15 is 0 Å². The summed E-state index contributed by atoms with van der Waals surface area (Å²) in [6, 6.07) is 8.97. The second-order valence-electron chi connectivity index (χ2n) is 9.71. The number of piperazine rings is 1. The van der Waals surface area contributed by atoms with Crippen LogP contribution in [0.1, 0.15) is 65.7 Å². The largest absolute Gasteiger partial charge is 0.296 e. The van der Waals surface area contributed by atoms with Crippen molar-refractivity contribution in [2.45, 2.75) is 51.2 Å². The summed E-state index contributed by atoms with van der Waals surface area (Å²) in [6.45, 7) is 7.35. The molecule has 2 aromatic carbocycles. The molecule has 0 aromatic heterocycles. The molecule has 1 saturated carbocycles. The summed E-state index contributed by atoms with van der Waals surface area (Å²) in [6.07, 6.45) is 2.84. The zero-order valence-corrected chi connectivity index (χ0v) is 22.4. The number of hydrogen-bond donors (Lipinski definition) is 1. The maximum Gasteiger partial charge on any atom is 0.267 e. The summed E-state index contributed by atoms with van der Waals surface area (Å²) in [7, 11) is -3.78. The zero-order chi connectivity index (χ0) is 25.5. The molecular formula is C25H30Cl2FN3O3S. The van der Waals surface area contributed by atoms with Gasteiger partial charge in [-0.25, -0.2) is 17.5 Å². The Balaban J connectivity index is 1.48. The fourth-order valence-electron chi connectivity index (χ4n) is 4.95. The molecule has 35 heavy (non-hydrogen) atoms. The second kappa shape index (κ2) is 10.3. The first kappa shape index (κ1) is 26.4. The third kappa shape index (κ3) is 6.54. The Morgan fingerprint density at radius 1 is 1.14 bits per heavy atom. The summed E-state index contributed by atoms with van der Waals surface area (Å²) in [4.78, 5) is 17.0. The number of hydrogen-bond acceptors (Lipinski definition) is 5. The van der Waals surface area contributed by atoms with Gasteiger partial charge < -0.3 is 0 Å². The molecule has 6 nitrogen and oxygen atoms in total. The van der Waals surface area contributed by atoms with Gasteiger partial charge in [-0.1, -0.05) is 23.2 Å². The molecule has 2 atom stereocenters. The summed E-state index contributed by atoms with van der Waals surface area (Å²) >= 11 is 12.4. The number of halogens is 3. The van der Waals surface area contributed by atoms with Crippen molar-refractivity contribution in [1.82, 2.24) is 14.5 Å². The van der Waals surface area contributed by atoms with Crippen LogP contribution in [0.3, 0.4) is 0 Å². The van der Waals surface area contributed by atoms with Crippen LogP contribution in [0.5, 0.6) is 0 Å². The highest BCUT2D eigenvalue weighted by Crippen LogP contribution is 2.43. The monoisotopic (exact) mass is 541 g/mol. The highest BCUT2D eigenvalue weighted by Gasteiger charge is 2.32. The molecule has 1 aliphatic heterocycles. The predicted molar refractivity (Wildman–Crippen MR) is 137 cm³/mol. The predicted octanol–water partition coefficient (Wildman–Crippen LogP) is 4.97. The maximum absolute atomic E-state index is 14.9.